The molecule has 1 aromatic rings. The molecule has 0 aliphatic carbocycles. The quantitative estimate of drug-likeness (QED) is 0.823. The van der Waals surface area contributed by atoms with Gasteiger partial charge in [0.05, 0.1) is 5.69 Å². The van der Waals surface area contributed by atoms with Crippen LogP contribution in [-0.2, 0) is 10.2 Å². The summed E-state index contributed by atoms with van der Waals surface area (Å²) in [6, 6.07) is 3.91. The van der Waals surface area contributed by atoms with E-state index in [1.54, 1.807) is 0 Å². The zero-order valence-electron chi connectivity index (χ0n) is 11.8. The van der Waals surface area contributed by atoms with Crippen LogP contribution in [0.25, 0.3) is 0 Å². The number of piperidine rings is 1. The predicted octanol–water partition coefficient (Wildman–Crippen LogP) is 2.18. The fourth-order valence-electron chi connectivity index (χ4n) is 2.48. The first kappa shape index (κ1) is 16.7. The number of rotatable bonds is 5. The smallest absolute Gasteiger partial charge is 0.301 e. The first-order chi connectivity index (χ1) is 9.92. The van der Waals surface area contributed by atoms with E-state index < -0.39 is 16.0 Å². The Bertz CT molecular complexity index is 595. The maximum atomic E-state index is 13.2. The summed E-state index contributed by atoms with van der Waals surface area (Å²) in [7, 11) is -1.81. The molecule has 5 nitrogen and oxygen atoms in total. The molecule has 0 radical (unpaired) electrons. The average Bonchev–Trinajstić information content (AvgIpc) is 2.43. The molecule has 0 spiro atoms. The van der Waals surface area contributed by atoms with Gasteiger partial charge in [0.2, 0.25) is 0 Å². The van der Waals surface area contributed by atoms with E-state index in [0.29, 0.717) is 23.5 Å². The molecule has 0 aromatic heterocycles. The Morgan fingerprint density at radius 1 is 1.48 bits per heavy atom. The van der Waals surface area contributed by atoms with Gasteiger partial charge in [0.1, 0.15) is 5.82 Å². The summed E-state index contributed by atoms with van der Waals surface area (Å²) in [4.78, 5) is 0. The molecular formula is C13H19BrFN3O2S. The van der Waals surface area contributed by atoms with Crippen molar-refractivity contribution >= 4 is 31.8 Å². The second kappa shape index (κ2) is 7.04. The normalized spacial score (nSPS) is 20.4. The molecule has 8 heteroatoms. The Balaban J connectivity index is 2.12. The lowest BCUT2D eigenvalue weighted by atomic mass is 10.00. The minimum absolute atomic E-state index is 0.214. The van der Waals surface area contributed by atoms with Crippen LogP contribution in [0.2, 0.25) is 0 Å². The SMILES string of the molecule is CNCC1CCCN(S(=O)(=O)Nc2cc(F)ccc2Br)C1. The highest BCUT2D eigenvalue weighted by Gasteiger charge is 2.29. The van der Waals surface area contributed by atoms with Crippen LogP contribution in [0, 0.1) is 11.7 Å². The summed E-state index contributed by atoms with van der Waals surface area (Å²) >= 11 is 3.22. The minimum Gasteiger partial charge on any atom is -0.319 e. The lowest BCUT2D eigenvalue weighted by molar-refractivity contribution is 0.264. The van der Waals surface area contributed by atoms with Gasteiger partial charge in [-0.15, -0.1) is 0 Å². The van der Waals surface area contributed by atoms with Crippen molar-refractivity contribution in [3.63, 3.8) is 0 Å². The molecule has 1 fully saturated rings. The van der Waals surface area contributed by atoms with Gasteiger partial charge in [-0.1, -0.05) is 0 Å². The molecule has 0 saturated carbocycles. The summed E-state index contributed by atoms with van der Waals surface area (Å²) in [5.74, 6) is -0.182. The second-order valence-electron chi connectivity index (χ2n) is 5.16. The Labute approximate surface area is 133 Å². The maximum Gasteiger partial charge on any atom is 0.301 e. The van der Waals surface area contributed by atoms with Crippen LogP contribution in [0.15, 0.2) is 22.7 Å². The third-order valence-electron chi connectivity index (χ3n) is 3.48. The van der Waals surface area contributed by atoms with Crippen molar-refractivity contribution in [2.45, 2.75) is 12.8 Å². The molecule has 118 valence electrons. The molecule has 1 saturated heterocycles. The van der Waals surface area contributed by atoms with Crippen LogP contribution >= 0.6 is 15.9 Å². The van der Waals surface area contributed by atoms with E-state index in [1.807, 2.05) is 7.05 Å². The van der Waals surface area contributed by atoms with Crippen LogP contribution in [-0.4, -0.2) is 39.4 Å². The topological polar surface area (TPSA) is 61.4 Å². The molecule has 1 aliphatic rings. The van der Waals surface area contributed by atoms with Gasteiger partial charge in [0.15, 0.2) is 0 Å². The average molecular weight is 380 g/mol. The van der Waals surface area contributed by atoms with Crippen molar-refractivity contribution in [1.29, 1.82) is 0 Å². The van der Waals surface area contributed by atoms with Gasteiger partial charge in [-0.2, -0.15) is 12.7 Å². The summed E-state index contributed by atoms with van der Waals surface area (Å²) < 4.78 is 42.5. The minimum atomic E-state index is -3.67. The van der Waals surface area contributed by atoms with Gasteiger partial charge in [-0.05, 0) is 66.5 Å². The van der Waals surface area contributed by atoms with E-state index >= 15 is 0 Å². The maximum absolute atomic E-state index is 13.2. The monoisotopic (exact) mass is 379 g/mol. The van der Waals surface area contributed by atoms with Gasteiger partial charge in [0, 0.05) is 17.6 Å². The molecule has 2 rings (SSSR count). The molecule has 1 aliphatic heterocycles. The third-order valence-corrected chi connectivity index (χ3v) is 5.66. The number of halogens is 2. The highest BCUT2D eigenvalue weighted by atomic mass is 79.9. The van der Waals surface area contributed by atoms with E-state index in [-0.39, 0.29) is 5.69 Å². The van der Waals surface area contributed by atoms with Gasteiger partial charge in [0.25, 0.3) is 0 Å². The zero-order valence-corrected chi connectivity index (χ0v) is 14.2. The van der Waals surface area contributed by atoms with Gasteiger partial charge >= 0.3 is 10.2 Å². The molecule has 2 N–H and O–H groups in total. The van der Waals surface area contributed by atoms with Crippen LogP contribution in [0.1, 0.15) is 12.8 Å². The van der Waals surface area contributed by atoms with Crippen molar-refractivity contribution in [3.05, 3.63) is 28.5 Å². The van der Waals surface area contributed by atoms with Crippen molar-refractivity contribution in [3.8, 4) is 0 Å². The van der Waals surface area contributed by atoms with Gasteiger partial charge in [-0.25, -0.2) is 4.39 Å². The van der Waals surface area contributed by atoms with Gasteiger partial charge < -0.3 is 5.32 Å². The van der Waals surface area contributed by atoms with E-state index in [0.717, 1.165) is 25.5 Å². The molecule has 21 heavy (non-hydrogen) atoms. The van der Waals surface area contributed by atoms with E-state index in [9.17, 15) is 12.8 Å². The van der Waals surface area contributed by atoms with Crippen molar-refractivity contribution < 1.29 is 12.8 Å². The molecule has 1 unspecified atom stereocenters. The fraction of sp³-hybridized carbons (Fsp3) is 0.538. The number of hydrogen-bond acceptors (Lipinski definition) is 3. The van der Waals surface area contributed by atoms with E-state index in [1.165, 1.54) is 16.4 Å². The highest BCUT2D eigenvalue weighted by Crippen LogP contribution is 2.26. The molecule has 1 aromatic carbocycles. The number of hydrogen-bond donors (Lipinski definition) is 2. The van der Waals surface area contributed by atoms with E-state index in [2.05, 4.69) is 26.0 Å². The lowest BCUT2D eigenvalue weighted by Crippen LogP contribution is -2.44. The predicted molar refractivity (Wildman–Crippen MR) is 84.9 cm³/mol. The van der Waals surface area contributed by atoms with Crippen molar-refractivity contribution in [1.82, 2.24) is 9.62 Å². The van der Waals surface area contributed by atoms with Crippen LogP contribution < -0.4 is 10.0 Å². The Morgan fingerprint density at radius 3 is 2.95 bits per heavy atom. The lowest BCUT2D eigenvalue weighted by Gasteiger charge is -2.32. The summed E-state index contributed by atoms with van der Waals surface area (Å²) in [6.45, 7) is 1.75. The number of nitrogens with zero attached hydrogens (tertiary/aromatic N) is 1. The Hall–Kier alpha value is -0.700. The fourth-order valence-corrected chi connectivity index (χ4v) is 4.31. The first-order valence-corrected chi connectivity index (χ1v) is 9.03. The third kappa shape index (κ3) is 4.38. The Kier molecular flexibility index (Phi) is 5.59. The molecule has 1 heterocycles. The van der Waals surface area contributed by atoms with Crippen LogP contribution in [0.3, 0.4) is 0 Å². The largest absolute Gasteiger partial charge is 0.319 e. The van der Waals surface area contributed by atoms with Crippen LogP contribution in [0.4, 0.5) is 10.1 Å². The second-order valence-corrected chi connectivity index (χ2v) is 7.68. The zero-order chi connectivity index (χ0) is 15.5. The van der Waals surface area contributed by atoms with Crippen molar-refractivity contribution in [2.75, 3.05) is 31.4 Å². The number of benzene rings is 1. The summed E-state index contributed by atoms with van der Waals surface area (Å²) in [5, 5.41) is 3.08. The highest BCUT2D eigenvalue weighted by molar-refractivity contribution is 9.10. The number of nitrogens with one attached hydrogen (secondary N) is 2. The van der Waals surface area contributed by atoms with Crippen LogP contribution in [0.5, 0.6) is 0 Å². The van der Waals surface area contributed by atoms with Gasteiger partial charge in [-0.3, -0.25) is 4.72 Å². The number of anilines is 1. The standard InChI is InChI=1S/C13H19BrFN3O2S/c1-16-8-10-3-2-6-18(9-10)21(19,20)17-13-7-11(15)4-5-12(13)14/h4-5,7,10,16-17H,2-3,6,8-9H2,1H3. The molecule has 1 atom stereocenters. The first-order valence-electron chi connectivity index (χ1n) is 6.80. The summed E-state index contributed by atoms with van der Waals surface area (Å²) in [6.07, 6.45) is 1.84. The van der Waals surface area contributed by atoms with E-state index in [4.69, 9.17) is 0 Å². The molecule has 0 amide bonds. The van der Waals surface area contributed by atoms with Crippen molar-refractivity contribution in [2.24, 2.45) is 5.92 Å². The molecular weight excluding hydrogens is 361 g/mol. The Morgan fingerprint density at radius 2 is 2.24 bits per heavy atom. The molecule has 0 bridgehead atoms. The summed E-state index contributed by atoms with van der Waals surface area (Å²) in [5.41, 5.74) is 0.214.